The second kappa shape index (κ2) is 5.18. The molecule has 0 atom stereocenters. The van der Waals surface area contributed by atoms with Gasteiger partial charge in [-0.15, -0.1) is 0 Å². The third-order valence-corrected chi connectivity index (χ3v) is 4.99. The summed E-state index contributed by atoms with van der Waals surface area (Å²) in [5.41, 5.74) is 1.34. The number of hydrogen-bond acceptors (Lipinski definition) is 3. The van der Waals surface area contributed by atoms with E-state index in [4.69, 9.17) is 11.6 Å². The van der Waals surface area contributed by atoms with E-state index < -0.39 is 10.0 Å². The molecule has 3 aromatic heterocycles. The molecule has 8 heteroatoms. The maximum atomic E-state index is 12.5. The van der Waals surface area contributed by atoms with Crippen molar-refractivity contribution in [1.82, 2.24) is 18.7 Å². The van der Waals surface area contributed by atoms with Gasteiger partial charge in [0.1, 0.15) is 5.65 Å². The first-order valence-corrected chi connectivity index (χ1v) is 8.07. The fourth-order valence-electron chi connectivity index (χ4n) is 2.10. The Labute approximate surface area is 127 Å². The van der Waals surface area contributed by atoms with Crippen LogP contribution in [-0.4, -0.2) is 22.4 Å². The molecule has 0 unspecified atom stereocenters. The van der Waals surface area contributed by atoms with Gasteiger partial charge in [0, 0.05) is 25.1 Å². The number of rotatable bonds is 4. The summed E-state index contributed by atoms with van der Waals surface area (Å²) in [4.78, 5) is 4.05. The summed E-state index contributed by atoms with van der Waals surface area (Å²) in [6, 6.07) is 8.89. The molecule has 0 amide bonds. The van der Waals surface area contributed by atoms with Gasteiger partial charge in [-0.3, -0.25) is 4.40 Å². The Kier molecular flexibility index (Phi) is 3.48. The van der Waals surface area contributed by atoms with Gasteiger partial charge in [0.15, 0.2) is 10.2 Å². The summed E-state index contributed by atoms with van der Waals surface area (Å²) in [6.07, 6.45) is 3.47. The van der Waals surface area contributed by atoms with Crippen molar-refractivity contribution >= 4 is 27.3 Å². The highest BCUT2D eigenvalue weighted by Gasteiger charge is 2.24. The Morgan fingerprint density at radius 2 is 2.05 bits per heavy atom. The molecule has 3 heterocycles. The standard InChI is InChI=1S/C13H13ClN4O2S/c1-17-7-4-5-10(17)9-15-21(19,20)13-12(14)16-11-6-2-3-8-18(11)13/h2-8,15H,9H2,1H3. The number of sulfonamides is 1. The fourth-order valence-corrected chi connectivity index (χ4v) is 3.74. The zero-order valence-corrected chi connectivity index (χ0v) is 12.8. The number of imidazole rings is 1. The van der Waals surface area contributed by atoms with E-state index >= 15 is 0 Å². The van der Waals surface area contributed by atoms with E-state index in [9.17, 15) is 8.42 Å². The highest BCUT2D eigenvalue weighted by Crippen LogP contribution is 2.22. The average molecular weight is 325 g/mol. The number of aryl methyl sites for hydroxylation is 1. The minimum Gasteiger partial charge on any atom is -0.353 e. The van der Waals surface area contributed by atoms with E-state index in [0.29, 0.717) is 5.65 Å². The Bertz CT molecular complexity index is 898. The largest absolute Gasteiger partial charge is 0.353 e. The lowest BCUT2D eigenvalue weighted by atomic mass is 10.4. The second-order valence-electron chi connectivity index (χ2n) is 4.57. The fraction of sp³-hybridized carbons (Fsp3) is 0.154. The Hall–Kier alpha value is -1.83. The van der Waals surface area contributed by atoms with E-state index in [0.717, 1.165) is 5.69 Å². The van der Waals surface area contributed by atoms with Crippen LogP contribution in [0.1, 0.15) is 5.69 Å². The van der Waals surface area contributed by atoms with Crippen molar-refractivity contribution in [2.24, 2.45) is 7.05 Å². The molecule has 3 rings (SSSR count). The van der Waals surface area contributed by atoms with Crippen LogP contribution in [0.3, 0.4) is 0 Å². The highest BCUT2D eigenvalue weighted by atomic mass is 35.5. The quantitative estimate of drug-likeness (QED) is 0.795. The zero-order chi connectivity index (χ0) is 15.0. The van der Waals surface area contributed by atoms with Crippen molar-refractivity contribution in [2.45, 2.75) is 11.6 Å². The van der Waals surface area contributed by atoms with Crippen molar-refractivity contribution < 1.29 is 8.42 Å². The van der Waals surface area contributed by atoms with Crippen molar-refractivity contribution in [3.05, 3.63) is 53.6 Å². The number of pyridine rings is 1. The third kappa shape index (κ3) is 2.55. The summed E-state index contributed by atoms with van der Waals surface area (Å²) >= 11 is 5.99. The van der Waals surface area contributed by atoms with Gasteiger partial charge in [-0.25, -0.2) is 18.1 Å². The molecule has 0 bridgehead atoms. The van der Waals surface area contributed by atoms with Gasteiger partial charge >= 0.3 is 0 Å². The molecule has 0 saturated carbocycles. The van der Waals surface area contributed by atoms with Crippen LogP contribution in [0.25, 0.3) is 5.65 Å². The first kappa shape index (κ1) is 14.1. The van der Waals surface area contributed by atoms with Crippen molar-refractivity contribution in [1.29, 1.82) is 0 Å². The van der Waals surface area contributed by atoms with Crippen molar-refractivity contribution in [3.63, 3.8) is 0 Å². The molecule has 0 saturated heterocycles. The normalized spacial score (nSPS) is 12.1. The van der Waals surface area contributed by atoms with E-state index in [1.807, 2.05) is 29.9 Å². The van der Waals surface area contributed by atoms with E-state index in [1.54, 1.807) is 24.4 Å². The first-order valence-electron chi connectivity index (χ1n) is 6.21. The molecule has 110 valence electrons. The summed E-state index contributed by atoms with van der Waals surface area (Å²) in [7, 11) is -1.91. The number of fused-ring (bicyclic) bond motifs is 1. The van der Waals surface area contributed by atoms with E-state index in [2.05, 4.69) is 9.71 Å². The minimum absolute atomic E-state index is 0.0411. The molecular formula is C13H13ClN4O2S. The highest BCUT2D eigenvalue weighted by molar-refractivity contribution is 7.89. The van der Waals surface area contributed by atoms with Gasteiger partial charge in [-0.1, -0.05) is 17.7 Å². The Morgan fingerprint density at radius 3 is 2.76 bits per heavy atom. The van der Waals surface area contributed by atoms with Crippen LogP contribution in [0.15, 0.2) is 47.8 Å². The van der Waals surface area contributed by atoms with Crippen LogP contribution < -0.4 is 4.72 Å². The van der Waals surface area contributed by atoms with Crippen molar-refractivity contribution in [2.75, 3.05) is 0 Å². The van der Waals surface area contributed by atoms with Crippen LogP contribution >= 0.6 is 11.6 Å². The van der Waals surface area contributed by atoms with Crippen molar-refractivity contribution in [3.8, 4) is 0 Å². The van der Waals surface area contributed by atoms with E-state index in [1.165, 1.54) is 4.40 Å². The lowest BCUT2D eigenvalue weighted by molar-refractivity contribution is 0.574. The molecule has 0 spiro atoms. The molecule has 1 N–H and O–H groups in total. The van der Waals surface area contributed by atoms with Gasteiger partial charge in [0.05, 0.1) is 6.54 Å². The molecule has 0 aliphatic carbocycles. The first-order chi connectivity index (χ1) is 9.99. The monoisotopic (exact) mass is 324 g/mol. The number of halogens is 1. The topological polar surface area (TPSA) is 68.4 Å². The smallest absolute Gasteiger partial charge is 0.260 e. The summed E-state index contributed by atoms with van der Waals surface area (Å²) in [5.74, 6) is 0. The SMILES string of the molecule is Cn1cccc1CNS(=O)(=O)c1c(Cl)nc2ccccn12. The molecule has 0 fully saturated rings. The predicted octanol–water partition coefficient (Wildman–Crippen LogP) is 1.80. The average Bonchev–Trinajstić information content (AvgIpc) is 2.99. The minimum atomic E-state index is -3.76. The Morgan fingerprint density at radius 1 is 1.24 bits per heavy atom. The predicted molar refractivity (Wildman–Crippen MR) is 79.6 cm³/mol. The molecule has 0 radical (unpaired) electrons. The lowest BCUT2D eigenvalue weighted by Crippen LogP contribution is -2.25. The molecular weight excluding hydrogens is 312 g/mol. The summed E-state index contributed by atoms with van der Waals surface area (Å²) in [5, 5.41) is -0.0884. The summed E-state index contributed by atoms with van der Waals surface area (Å²) < 4.78 is 30.8. The van der Waals surface area contributed by atoms with Gasteiger partial charge < -0.3 is 4.57 Å². The van der Waals surface area contributed by atoms with E-state index in [-0.39, 0.29) is 16.7 Å². The molecule has 21 heavy (non-hydrogen) atoms. The zero-order valence-electron chi connectivity index (χ0n) is 11.2. The Balaban J connectivity index is 1.97. The molecule has 0 aliphatic heterocycles. The van der Waals surface area contributed by atoms with Crippen LogP contribution in [-0.2, 0) is 23.6 Å². The molecule has 0 aliphatic rings. The number of aromatic nitrogens is 3. The maximum Gasteiger partial charge on any atom is 0.260 e. The van der Waals surface area contributed by atoms with Crippen LogP contribution in [0, 0.1) is 0 Å². The third-order valence-electron chi connectivity index (χ3n) is 3.20. The van der Waals surface area contributed by atoms with Crippen LogP contribution in [0.2, 0.25) is 5.15 Å². The van der Waals surface area contributed by atoms with Gasteiger partial charge in [0.25, 0.3) is 10.0 Å². The number of hydrogen-bond donors (Lipinski definition) is 1. The van der Waals surface area contributed by atoms with Gasteiger partial charge in [-0.05, 0) is 24.3 Å². The van der Waals surface area contributed by atoms with Crippen LogP contribution in [0.4, 0.5) is 0 Å². The number of nitrogens with zero attached hydrogens (tertiary/aromatic N) is 3. The lowest BCUT2D eigenvalue weighted by Gasteiger charge is -2.07. The molecule has 6 nitrogen and oxygen atoms in total. The molecule has 3 aromatic rings. The summed E-state index contributed by atoms with van der Waals surface area (Å²) in [6.45, 7) is 0.183. The number of nitrogens with one attached hydrogen (secondary N) is 1. The maximum absolute atomic E-state index is 12.5. The molecule has 0 aromatic carbocycles. The van der Waals surface area contributed by atoms with Crippen LogP contribution in [0.5, 0.6) is 0 Å². The second-order valence-corrected chi connectivity index (χ2v) is 6.61. The van der Waals surface area contributed by atoms with Gasteiger partial charge in [-0.2, -0.15) is 0 Å². The van der Waals surface area contributed by atoms with Gasteiger partial charge in [0.2, 0.25) is 0 Å².